The molecule has 0 heterocycles. The average Bonchev–Trinajstić information content (AvgIpc) is 2.01. The van der Waals surface area contributed by atoms with Gasteiger partial charge in [0.25, 0.3) is 0 Å². The van der Waals surface area contributed by atoms with Gasteiger partial charge in [-0.2, -0.15) is 0 Å². The minimum absolute atomic E-state index is 0.858. The molecule has 0 spiro atoms. The summed E-state index contributed by atoms with van der Waals surface area (Å²) in [5, 5.41) is 0. The summed E-state index contributed by atoms with van der Waals surface area (Å²) in [4.78, 5) is 0. The molecule has 0 aliphatic rings. The average molecular weight is 300 g/mol. The summed E-state index contributed by atoms with van der Waals surface area (Å²) in [5.74, 6) is 1.00. The van der Waals surface area contributed by atoms with Crippen LogP contribution < -0.4 is 0 Å². The summed E-state index contributed by atoms with van der Waals surface area (Å²) >= 11 is 1.38. The molecule has 0 aromatic heterocycles. The second-order valence-corrected chi connectivity index (χ2v) is 16.7. The zero-order valence-corrected chi connectivity index (χ0v) is 12.5. The molecule has 0 bridgehead atoms. The molecule has 0 aromatic rings. The molecule has 0 rings (SSSR count). The summed E-state index contributed by atoms with van der Waals surface area (Å²) in [7, 11) is 17.4. The van der Waals surface area contributed by atoms with Crippen LogP contribution in [-0.2, 0) is 13.4 Å². The maximum atomic E-state index is 5.80. The normalized spacial score (nSPS) is 12.0. The molecular formula is C8H17Cl3STi. The molecule has 13 heavy (non-hydrogen) atoms. The molecule has 0 radical (unpaired) electrons. The van der Waals surface area contributed by atoms with E-state index in [0.717, 1.165) is 16.9 Å². The molecule has 0 saturated heterocycles. The zero-order chi connectivity index (χ0) is 10.2. The van der Waals surface area contributed by atoms with Gasteiger partial charge in [-0.3, -0.25) is 0 Å². The predicted octanol–water partition coefficient (Wildman–Crippen LogP) is 5.29. The number of halogens is 3. The second kappa shape index (κ2) is 9.18. The van der Waals surface area contributed by atoms with Gasteiger partial charge in [0.2, 0.25) is 0 Å². The zero-order valence-electron chi connectivity index (χ0n) is 7.74. The van der Waals surface area contributed by atoms with Crippen LogP contribution in [0.4, 0.5) is 0 Å². The third kappa shape index (κ3) is 13.9. The van der Waals surface area contributed by atoms with Gasteiger partial charge in [-0.05, 0) is 0 Å². The van der Waals surface area contributed by atoms with Crippen LogP contribution in [0, 0.1) is 0 Å². The Morgan fingerprint density at radius 2 is 1.23 bits per heavy atom. The molecule has 0 aromatic carbocycles. The van der Waals surface area contributed by atoms with E-state index in [4.69, 9.17) is 27.9 Å². The number of thiol groups is 1. The number of unbranched alkanes of at least 4 members (excludes halogenated alkanes) is 5. The van der Waals surface area contributed by atoms with Gasteiger partial charge in [-0.25, -0.2) is 0 Å². The molecule has 0 saturated carbocycles. The fourth-order valence-corrected chi connectivity index (χ4v) is 4.04. The number of hydrogen-bond donors (Lipinski definition) is 1. The van der Waals surface area contributed by atoms with Gasteiger partial charge in [0, 0.05) is 0 Å². The van der Waals surface area contributed by atoms with Gasteiger partial charge in [-0.1, -0.05) is 0 Å². The van der Waals surface area contributed by atoms with Crippen molar-refractivity contribution in [2.45, 2.75) is 43.3 Å². The van der Waals surface area contributed by atoms with E-state index in [1.807, 2.05) is 0 Å². The molecule has 80 valence electrons. The summed E-state index contributed by atoms with van der Waals surface area (Å²) < 4.78 is 0.858. The van der Waals surface area contributed by atoms with Crippen LogP contribution in [0.1, 0.15) is 38.5 Å². The van der Waals surface area contributed by atoms with E-state index < -0.39 is 13.4 Å². The van der Waals surface area contributed by atoms with Gasteiger partial charge in [0.1, 0.15) is 0 Å². The van der Waals surface area contributed by atoms with E-state index in [2.05, 4.69) is 12.6 Å². The van der Waals surface area contributed by atoms with E-state index >= 15 is 0 Å². The van der Waals surface area contributed by atoms with E-state index in [1.165, 1.54) is 32.1 Å². The van der Waals surface area contributed by atoms with Gasteiger partial charge in [0.05, 0.1) is 0 Å². The second-order valence-electron chi connectivity index (χ2n) is 3.21. The molecule has 0 atom stereocenters. The summed E-state index contributed by atoms with van der Waals surface area (Å²) in [6.07, 6.45) is 7.40. The fourth-order valence-electron chi connectivity index (χ4n) is 1.14. The van der Waals surface area contributed by atoms with Crippen molar-refractivity contribution in [2.24, 2.45) is 0 Å². The molecular weight excluding hydrogens is 282 g/mol. The van der Waals surface area contributed by atoms with Gasteiger partial charge in [0.15, 0.2) is 0 Å². The maximum absolute atomic E-state index is 5.80. The van der Waals surface area contributed by atoms with E-state index in [1.54, 1.807) is 0 Å². The fraction of sp³-hybridized carbons (Fsp3) is 1.00. The van der Waals surface area contributed by atoms with Crippen molar-refractivity contribution < 1.29 is 13.4 Å². The van der Waals surface area contributed by atoms with Crippen LogP contribution in [0.2, 0.25) is 4.73 Å². The Hall–Kier alpha value is 1.93. The van der Waals surface area contributed by atoms with Crippen LogP contribution in [-0.4, -0.2) is 5.75 Å². The van der Waals surface area contributed by atoms with Crippen molar-refractivity contribution in [1.82, 2.24) is 0 Å². The van der Waals surface area contributed by atoms with Gasteiger partial charge >= 0.3 is 103 Å². The topological polar surface area (TPSA) is 0 Å². The van der Waals surface area contributed by atoms with Crippen molar-refractivity contribution in [3.63, 3.8) is 0 Å². The van der Waals surface area contributed by atoms with Crippen molar-refractivity contribution in [3.8, 4) is 0 Å². The number of rotatable bonds is 8. The van der Waals surface area contributed by atoms with Crippen molar-refractivity contribution in [2.75, 3.05) is 5.75 Å². The van der Waals surface area contributed by atoms with E-state index in [0.29, 0.717) is 0 Å². The molecule has 0 N–H and O–H groups in total. The van der Waals surface area contributed by atoms with Crippen LogP contribution in [0.15, 0.2) is 0 Å². The van der Waals surface area contributed by atoms with Crippen molar-refractivity contribution in [1.29, 1.82) is 0 Å². The van der Waals surface area contributed by atoms with Crippen molar-refractivity contribution >= 4 is 40.5 Å². The standard InChI is InChI=1S/C8H17S.3ClH.Ti/c1-2-3-4-5-6-7-8-9;;;;/h9H,1-8H2;3*1H;/q;;;;+3/p-3. The van der Waals surface area contributed by atoms with E-state index in [-0.39, 0.29) is 0 Å². The Labute approximate surface area is 102 Å². The first-order valence-corrected chi connectivity index (χ1v) is 12.9. The molecule has 0 amide bonds. The van der Waals surface area contributed by atoms with Gasteiger partial charge < -0.3 is 0 Å². The molecule has 0 unspecified atom stereocenters. The summed E-state index contributed by atoms with van der Waals surface area (Å²) in [6.45, 7) is 0. The molecule has 0 fully saturated rings. The Balaban J connectivity index is 3.00. The molecule has 0 nitrogen and oxygen atoms in total. The predicted molar refractivity (Wildman–Crippen MR) is 63.9 cm³/mol. The molecule has 5 heteroatoms. The first-order chi connectivity index (χ1) is 6.06. The first kappa shape index (κ1) is 14.9. The Morgan fingerprint density at radius 1 is 0.769 bits per heavy atom. The third-order valence-corrected chi connectivity index (χ3v) is 5.96. The van der Waals surface area contributed by atoms with E-state index in [9.17, 15) is 0 Å². The quantitative estimate of drug-likeness (QED) is 0.351. The summed E-state index contributed by atoms with van der Waals surface area (Å²) in [6, 6.07) is 0. The van der Waals surface area contributed by atoms with Crippen LogP contribution in [0.25, 0.3) is 0 Å². The van der Waals surface area contributed by atoms with Gasteiger partial charge in [-0.15, -0.1) is 0 Å². The first-order valence-electron chi connectivity index (χ1n) is 4.74. The minimum atomic E-state index is -2.78. The molecule has 0 aliphatic carbocycles. The van der Waals surface area contributed by atoms with Crippen LogP contribution in [0.5, 0.6) is 0 Å². The Morgan fingerprint density at radius 3 is 1.69 bits per heavy atom. The monoisotopic (exact) mass is 298 g/mol. The Bertz CT molecular complexity index is 116. The Kier molecular flexibility index (Phi) is 10.5. The van der Waals surface area contributed by atoms with Crippen LogP contribution in [0.3, 0.4) is 0 Å². The van der Waals surface area contributed by atoms with Crippen molar-refractivity contribution in [3.05, 3.63) is 0 Å². The molecule has 0 aliphatic heterocycles. The van der Waals surface area contributed by atoms with Crippen LogP contribution >= 0.6 is 40.5 Å². The summed E-state index contributed by atoms with van der Waals surface area (Å²) in [5.41, 5.74) is 0. The number of hydrogen-bond acceptors (Lipinski definition) is 1. The third-order valence-electron chi connectivity index (χ3n) is 1.87. The SMILES string of the molecule is SCCCCCCC[CH2][Ti]([Cl])([Cl])[Cl].